The molecule has 0 amide bonds. The smallest absolute Gasteiger partial charge is 0 e. The van der Waals surface area contributed by atoms with Crippen LogP contribution in [0.5, 0.6) is 0 Å². The SMILES string of the molecule is [CH-]=C(F)C(=[CH-])F.[Y]. The zero-order valence-electron chi connectivity index (χ0n) is 3.49. The van der Waals surface area contributed by atoms with Gasteiger partial charge >= 0.3 is 0 Å². The minimum Gasteiger partial charge on any atom is -0.359 e. The van der Waals surface area contributed by atoms with E-state index in [9.17, 15) is 8.78 Å². The number of halogens is 2. The summed E-state index contributed by atoms with van der Waals surface area (Å²) >= 11 is 0. The molecule has 0 nitrogen and oxygen atoms in total. The third-order valence-corrected chi connectivity index (χ3v) is 0.228. The molecule has 0 fully saturated rings. The van der Waals surface area contributed by atoms with E-state index in [0.29, 0.717) is 0 Å². The van der Waals surface area contributed by atoms with E-state index in [1.807, 2.05) is 0 Å². The molecule has 0 aliphatic rings. The van der Waals surface area contributed by atoms with Crippen LogP contribution in [0.2, 0.25) is 0 Å². The molecular weight excluding hydrogens is 175 g/mol. The molecule has 0 aromatic carbocycles. The summed E-state index contributed by atoms with van der Waals surface area (Å²) in [5.74, 6) is -2.93. The van der Waals surface area contributed by atoms with Crippen molar-refractivity contribution in [2.45, 2.75) is 0 Å². The first-order valence-corrected chi connectivity index (χ1v) is 1.21. The van der Waals surface area contributed by atoms with Gasteiger partial charge in [-0.05, 0) is 0 Å². The summed E-state index contributed by atoms with van der Waals surface area (Å²) in [7, 11) is 0. The van der Waals surface area contributed by atoms with Crippen molar-refractivity contribution in [2.75, 3.05) is 0 Å². The zero-order valence-corrected chi connectivity index (χ0v) is 6.33. The molecule has 37 valence electrons. The van der Waals surface area contributed by atoms with Crippen LogP contribution in [0.1, 0.15) is 0 Å². The van der Waals surface area contributed by atoms with Crippen molar-refractivity contribution in [3.05, 3.63) is 24.8 Å². The molecule has 0 atom stereocenters. The molecule has 0 aromatic heterocycles. The number of rotatable bonds is 1. The largest absolute Gasteiger partial charge is 0.359 e. The molecule has 0 spiro atoms. The van der Waals surface area contributed by atoms with Crippen molar-refractivity contribution in [3.63, 3.8) is 0 Å². The quantitative estimate of drug-likeness (QED) is 0.421. The summed E-state index contributed by atoms with van der Waals surface area (Å²) in [6, 6.07) is 0. The second-order valence-electron chi connectivity index (χ2n) is 0.696. The van der Waals surface area contributed by atoms with Crippen molar-refractivity contribution in [2.24, 2.45) is 0 Å². The monoisotopic (exact) mass is 177 g/mol. The summed E-state index contributed by atoms with van der Waals surface area (Å²) in [6.45, 7) is 8.30. The molecule has 0 aliphatic heterocycles. The van der Waals surface area contributed by atoms with E-state index in [0.717, 1.165) is 0 Å². The first-order chi connectivity index (χ1) is 2.64. The summed E-state index contributed by atoms with van der Waals surface area (Å²) in [4.78, 5) is 0. The van der Waals surface area contributed by atoms with E-state index in [4.69, 9.17) is 0 Å². The van der Waals surface area contributed by atoms with E-state index in [1.165, 1.54) is 0 Å². The number of allylic oxidation sites excluding steroid dienone is 2. The standard InChI is InChI=1S/C4H2F2.Y/c1-3(5)4(2)6;/h1-2H;/q-2;. The van der Waals surface area contributed by atoms with Gasteiger partial charge in [0.15, 0.2) is 0 Å². The Labute approximate surface area is 66.2 Å². The molecule has 0 unspecified atom stereocenters. The van der Waals surface area contributed by atoms with Gasteiger partial charge in [0, 0.05) is 32.7 Å². The van der Waals surface area contributed by atoms with Gasteiger partial charge in [0.25, 0.3) is 0 Å². The molecule has 0 N–H and O–H groups in total. The van der Waals surface area contributed by atoms with Crippen LogP contribution in [0.4, 0.5) is 8.78 Å². The Kier molecular flexibility index (Phi) is 6.85. The maximum atomic E-state index is 11.0. The summed E-state index contributed by atoms with van der Waals surface area (Å²) in [5, 5.41) is 0. The van der Waals surface area contributed by atoms with Gasteiger partial charge in [-0.2, -0.15) is 11.7 Å². The predicted molar refractivity (Wildman–Crippen MR) is 17.8 cm³/mol. The molecule has 0 aliphatic carbocycles. The molecule has 0 bridgehead atoms. The van der Waals surface area contributed by atoms with Crippen LogP contribution in [0.3, 0.4) is 0 Å². The van der Waals surface area contributed by atoms with Gasteiger partial charge in [-0.15, -0.1) is 0 Å². The van der Waals surface area contributed by atoms with E-state index in [-0.39, 0.29) is 32.7 Å². The third kappa shape index (κ3) is 6.44. The van der Waals surface area contributed by atoms with Gasteiger partial charge in [-0.25, -0.2) is 0 Å². The molecule has 1 radical (unpaired) electrons. The van der Waals surface area contributed by atoms with E-state index >= 15 is 0 Å². The first-order valence-electron chi connectivity index (χ1n) is 1.21. The van der Waals surface area contributed by atoms with Crippen molar-refractivity contribution in [1.82, 2.24) is 0 Å². The summed E-state index contributed by atoms with van der Waals surface area (Å²) in [6.07, 6.45) is 0. The van der Waals surface area contributed by atoms with E-state index < -0.39 is 11.7 Å². The predicted octanol–water partition coefficient (Wildman–Crippen LogP) is 1.56. The molecule has 3 heteroatoms. The summed E-state index contributed by atoms with van der Waals surface area (Å²) < 4.78 is 22.0. The minimum absolute atomic E-state index is 0. The van der Waals surface area contributed by atoms with Crippen LogP contribution in [0, 0.1) is 13.2 Å². The fraction of sp³-hybridized carbons (Fsp3) is 0. The molecular formula is C4H2F2Y-2. The first kappa shape index (κ1) is 10.4. The molecule has 7 heavy (non-hydrogen) atoms. The van der Waals surface area contributed by atoms with Gasteiger partial charge in [0.05, 0.1) is 0 Å². The van der Waals surface area contributed by atoms with Crippen LogP contribution in [-0.2, 0) is 32.7 Å². The maximum absolute atomic E-state index is 11.0. The molecule has 0 saturated carbocycles. The minimum atomic E-state index is -1.46. The Morgan fingerprint density at radius 1 is 1.00 bits per heavy atom. The third-order valence-electron chi connectivity index (χ3n) is 0.228. The van der Waals surface area contributed by atoms with Crippen LogP contribution in [0.25, 0.3) is 0 Å². The van der Waals surface area contributed by atoms with Gasteiger partial charge < -0.3 is 21.9 Å². The van der Waals surface area contributed by atoms with Crippen molar-refractivity contribution in [1.29, 1.82) is 0 Å². The van der Waals surface area contributed by atoms with Gasteiger partial charge in [0.1, 0.15) is 0 Å². The van der Waals surface area contributed by atoms with Gasteiger partial charge in [-0.3, -0.25) is 0 Å². The maximum Gasteiger partial charge on any atom is 0 e. The number of hydrogen-bond acceptors (Lipinski definition) is 0. The summed E-state index contributed by atoms with van der Waals surface area (Å²) in [5.41, 5.74) is 0. The Bertz CT molecular complexity index is 75.7. The topological polar surface area (TPSA) is 0 Å². The van der Waals surface area contributed by atoms with E-state index in [1.54, 1.807) is 0 Å². The van der Waals surface area contributed by atoms with Crippen LogP contribution in [0.15, 0.2) is 11.7 Å². The average molecular weight is 177 g/mol. The van der Waals surface area contributed by atoms with Crippen LogP contribution < -0.4 is 0 Å². The van der Waals surface area contributed by atoms with Crippen molar-refractivity contribution in [3.8, 4) is 0 Å². The molecule has 0 heterocycles. The molecule has 0 aromatic rings. The second kappa shape index (κ2) is 4.60. The normalized spacial score (nSPS) is 6.57. The zero-order chi connectivity index (χ0) is 5.15. The Morgan fingerprint density at radius 3 is 1.14 bits per heavy atom. The van der Waals surface area contributed by atoms with E-state index in [2.05, 4.69) is 13.2 Å². The Morgan fingerprint density at radius 2 is 1.14 bits per heavy atom. The second-order valence-corrected chi connectivity index (χ2v) is 0.696. The van der Waals surface area contributed by atoms with Crippen LogP contribution in [-0.4, -0.2) is 0 Å². The molecule has 0 saturated heterocycles. The van der Waals surface area contributed by atoms with Crippen molar-refractivity contribution < 1.29 is 41.5 Å². The van der Waals surface area contributed by atoms with Crippen LogP contribution >= 0.6 is 0 Å². The average Bonchev–Trinajstić information content (AvgIpc) is 1.36. The fourth-order valence-corrected chi connectivity index (χ4v) is 0. The number of hydrogen-bond donors (Lipinski definition) is 0. The van der Waals surface area contributed by atoms with Gasteiger partial charge in [0.2, 0.25) is 0 Å². The van der Waals surface area contributed by atoms with Gasteiger partial charge in [-0.1, -0.05) is 0 Å². The molecule has 0 rings (SSSR count). The van der Waals surface area contributed by atoms with Crippen molar-refractivity contribution >= 4 is 0 Å². The Balaban J connectivity index is 0. The Hall–Kier alpha value is 0.444. The fourth-order valence-electron chi connectivity index (χ4n) is 0.